The number of nitrogens with two attached hydrogens (primary N) is 1. The Labute approximate surface area is 117 Å². The summed E-state index contributed by atoms with van der Waals surface area (Å²) in [6, 6.07) is 6.05. The lowest BCUT2D eigenvalue weighted by molar-refractivity contribution is 0.559. The van der Waals surface area contributed by atoms with Crippen molar-refractivity contribution >= 4 is 17.3 Å². The fourth-order valence-electron chi connectivity index (χ4n) is 2.61. The molecule has 1 aliphatic heterocycles. The number of fused-ring (bicyclic) bond motifs is 1. The Bertz CT molecular complexity index is 579. The van der Waals surface area contributed by atoms with Gasteiger partial charge in [-0.25, -0.2) is 4.98 Å². The number of rotatable bonds is 3. The topological polar surface area (TPSA) is 47.1 Å². The number of benzene rings is 1. The van der Waals surface area contributed by atoms with E-state index in [1.165, 1.54) is 5.69 Å². The summed E-state index contributed by atoms with van der Waals surface area (Å²) in [6.07, 6.45) is 4.70. The molecule has 100 valence electrons. The van der Waals surface area contributed by atoms with Crippen LogP contribution in [0.15, 0.2) is 30.6 Å². The number of aromatic nitrogens is 2. The summed E-state index contributed by atoms with van der Waals surface area (Å²) in [5, 5.41) is 0.803. The first-order valence-electron chi connectivity index (χ1n) is 6.52. The summed E-state index contributed by atoms with van der Waals surface area (Å²) in [5.74, 6) is 1.10. The van der Waals surface area contributed by atoms with Crippen LogP contribution in [-0.4, -0.2) is 22.6 Å². The molecule has 0 aliphatic carbocycles. The van der Waals surface area contributed by atoms with E-state index in [0.29, 0.717) is 6.54 Å². The fourth-order valence-corrected chi connectivity index (χ4v) is 2.88. The van der Waals surface area contributed by atoms with Crippen LogP contribution in [-0.2, 0) is 19.5 Å². The van der Waals surface area contributed by atoms with Gasteiger partial charge in [-0.15, -0.1) is 0 Å². The van der Waals surface area contributed by atoms with Gasteiger partial charge in [-0.1, -0.05) is 17.7 Å². The zero-order chi connectivity index (χ0) is 13.2. The Morgan fingerprint density at radius 3 is 3.05 bits per heavy atom. The molecule has 4 nitrogen and oxygen atoms in total. The molecule has 5 heteroatoms. The first kappa shape index (κ1) is 12.5. The van der Waals surface area contributed by atoms with Crippen molar-refractivity contribution in [2.75, 3.05) is 18.0 Å². The lowest BCUT2D eigenvalue weighted by Crippen LogP contribution is -2.34. The van der Waals surface area contributed by atoms with E-state index < -0.39 is 0 Å². The average Bonchev–Trinajstić information content (AvgIpc) is 2.88. The van der Waals surface area contributed by atoms with Crippen LogP contribution in [0, 0.1) is 0 Å². The molecule has 0 radical (unpaired) electrons. The Kier molecular flexibility index (Phi) is 3.44. The van der Waals surface area contributed by atoms with Gasteiger partial charge in [0.15, 0.2) is 0 Å². The molecule has 0 saturated carbocycles. The highest BCUT2D eigenvalue weighted by molar-refractivity contribution is 6.31. The zero-order valence-electron chi connectivity index (χ0n) is 10.7. The van der Waals surface area contributed by atoms with Gasteiger partial charge in [0.05, 0.1) is 6.54 Å². The Hall–Kier alpha value is -1.52. The van der Waals surface area contributed by atoms with Crippen molar-refractivity contribution in [2.45, 2.75) is 19.5 Å². The monoisotopic (exact) mass is 276 g/mol. The van der Waals surface area contributed by atoms with Crippen molar-refractivity contribution < 1.29 is 0 Å². The largest absolute Gasteiger partial charge is 0.362 e. The van der Waals surface area contributed by atoms with E-state index in [1.807, 2.05) is 24.5 Å². The van der Waals surface area contributed by atoms with Gasteiger partial charge >= 0.3 is 0 Å². The maximum Gasteiger partial charge on any atom is 0.128 e. The first-order valence-corrected chi connectivity index (χ1v) is 6.90. The normalized spacial score (nSPS) is 14.5. The molecule has 0 amide bonds. The van der Waals surface area contributed by atoms with E-state index in [4.69, 9.17) is 17.3 Å². The summed E-state index contributed by atoms with van der Waals surface area (Å²) >= 11 is 6.30. The van der Waals surface area contributed by atoms with Crippen molar-refractivity contribution in [2.24, 2.45) is 5.73 Å². The molecule has 0 unspecified atom stereocenters. The zero-order valence-corrected chi connectivity index (χ0v) is 11.5. The van der Waals surface area contributed by atoms with Gasteiger partial charge in [-0.2, -0.15) is 0 Å². The van der Waals surface area contributed by atoms with Gasteiger partial charge in [0.1, 0.15) is 5.82 Å². The van der Waals surface area contributed by atoms with Gasteiger partial charge in [-0.3, -0.25) is 0 Å². The minimum Gasteiger partial charge on any atom is -0.362 e. The van der Waals surface area contributed by atoms with Gasteiger partial charge in [0.2, 0.25) is 0 Å². The highest BCUT2D eigenvalue weighted by Crippen LogP contribution is 2.30. The predicted molar refractivity (Wildman–Crippen MR) is 77.5 cm³/mol. The van der Waals surface area contributed by atoms with Crippen molar-refractivity contribution in [3.8, 4) is 0 Å². The van der Waals surface area contributed by atoms with Crippen molar-refractivity contribution in [3.63, 3.8) is 0 Å². The number of hydrogen-bond acceptors (Lipinski definition) is 3. The molecule has 0 fully saturated rings. The van der Waals surface area contributed by atoms with E-state index in [9.17, 15) is 0 Å². The number of anilines is 1. The number of halogens is 1. The smallest absolute Gasteiger partial charge is 0.128 e. The van der Waals surface area contributed by atoms with E-state index in [1.54, 1.807) is 0 Å². The average molecular weight is 277 g/mol. The molecule has 2 heterocycles. The van der Waals surface area contributed by atoms with Crippen LogP contribution < -0.4 is 10.6 Å². The quantitative estimate of drug-likeness (QED) is 0.933. The van der Waals surface area contributed by atoms with Crippen LogP contribution in [0.25, 0.3) is 0 Å². The molecule has 1 aliphatic rings. The van der Waals surface area contributed by atoms with Crippen LogP contribution in [0.1, 0.15) is 11.4 Å². The third-order valence-electron chi connectivity index (χ3n) is 3.57. The number of imidazole rings is 1. The summed E-state index contributed by atoms with van der Waals surface area (Å²) in [6.45, 7) is 3.37. The molecular weight excluding hydrogens is 260 g/mol. The Morgan fingerprint density at radius 2 is 2.21 bits per heavy atom. The van der Waals surface area contributed by atoms with Crippen LogP contribution in [0.5, 0.6) is 0 Å². The maximum atomic E-state index is 6.30. The van der Waals surface area contributed by atoms with Gasteiger partial charge in [0, 0.05) is 36.2 Å². The number of nitrogens with zero attached hydrogens (tertiary/aromatic N) is 3. The summed E-state index contributed by atoms with van der Waals surface area (Å²) in [4.78, 5) is 6.73. The molecule has 19 heavy (non-hydrogen) atoms. The second-order valence-electron chi connectivity index (χ2n) is 4.73. The molecule has 3 rings (SSSR count). The first-order chi connectivity index (χ1) is 9.29. The van der Waals surface area contributed by atoms with Gasteiger partial charge in [0.25, 0.3) is 0 Å². The van der Waals surface area contributed by atoms with E-state index in [-0.39, 0.29) is 0 Å². The molecule has 0 spiro atoms. The minimum absolute atomic E-state index is 0.610. The Morgan fingerprint density at radius 1 is 1.32 bits per heavy atom. The third-order valence-corrected chi connectivity index (χ3v) is 3.93. The SMILES string of the molecule is NCCc1c(Cl)cccc1N1CCn2ccnc2C1. The van der Waals surface area contributed by atoms with Crippen molar-refractivity contribution in [1.82, 2.24) is 9.55 Å². The second-order valence-corrected chi connectivity index (χ2v) is 5.14. The van der Waals surface area contributed by atoms with Crippen molar-refractivity contribution in [1.29, 1.82) is 0 Å². The number of hydrogen-bond donors (Lipinski definition) is 1. The molecule has 1 aromatic heterocycles. The van der Waals surface area contributed by atoms with Gasteiger partial charge < -0.3 is 15.2 Å². The highest BCUT2D eigenvalue weighted by atomic mass is 35.5. The van der Waals surface area contributed by atoms with Gasteiger partial charge in [-0.05, 0) is 30.7 Å². The molecule has 0 atom stereocenters. The Balaban J connectivity index is 1.93. The van der Waals surface area contributed by atoms with Crippen LogP contribution >= 0.6 is 11.6 Å². The molecule has 0 bridgehead atoms. The summed E-state index contributed by atoms with van der Waals surface area (Å²) < 4.78 is 2.20. The predicted octanol–water partition coefficient (Wildman–Crippen LogP) is 2.06. The van der Waals surface area contributed by atoms with E-state index in [0.717, 1.165) is 42.5 Å². The lowest BCUT2D eigenvalue weighted by atomic mass is 10.1. The summed E-state index contributed by atoms with van der Waals surface area (Å²) in [5.41, 5.74) is 8.03. The molecule has 2 aromatic rings. The van der Waals surface area contributed by atoms with Crippen LogP contribution in [0.2, 0.25) is 5.02 Å². The molecule has 2 N–H and O–H groups in total. The molecule has 0 saturated heterocycles. The second kappa shape index (κ2) is 5.23. The van der Waals surface area contributed by atoms with E-state index >= 15 is 0 Å². The van der Waals surface area contributed by atoms with Crippen LogP contribution in [0.3, 0.4) is 0 Å². The van der Waals surface area contributed by atoms with Crippen LogP contribution in [0.4, 0.5) is 5.69 Å². The highest BCUT2D eigenvalue weighted by Gasteiger charge is 2.19. The molecular formula is C14H17ClN4. The minimum atomic E-state index is 0.610. The molecule has 1 aromatic carbocycles. The van der Waals surface area contributed by atoms with E-state index in [2.05, 4.69) is 20.5 Å². The standard InChI is InChI=1S/C14H17ClN4/c15-12-2-1-3-13(11(12)4-5-16)19-9-8-18-7-6-17-14(18)10-19/h1-3,6-7H,4-5,8-10,16H2. The lowest BCUT2D eigenvalue weighted by Gasteiger charge is -2.31. The maximum absolute atomic E-state index is 6.30. The van der Waals surface area contributed by atoms with Crippen molar-refractivity contribution in [3.05, 3.63) is 47.0 Å². The summed E-state index contributed by atoms with van der Waals surface area (Å²) in [7, 11) is 0. The third kappa shape index (κ3) is 2.33. The fraction of sp³-hybridized carbons (Fsp3) is 0.357.